The number of nitrogens with one attached hydrogen (secondary N) is 2. The first-order valence-electron chi connectivity index (χ1n) is 3.75. The van der Waals surface area contributed by atoms with Crippen LogP contribution in [0.4, 0.5) is 0 Å². The summed E-state index contributed by atoms with van der Waals surface area (Å²) in [5, 5.41) is 0. The minimum absolute atomic E-state index is 0.147. The number of rotatable bonds is 2. The highest BCUT2D eigenvalue weighted by Crippen LogP contribution is 2.21. The Morgan fingerprint density at radius 1 is 1.50 bits per heavy atom. The predicted octanol–water partition coefficient (Wildman–Crippen LogP) is 3.17. The van der Waals surface area contributed by atoms with Gasteiger partial charge >= 0.3 is 0 Å². The molecule has 0 bridgehead atoms. The van der Waals surface area contributed by atoms with Crippen molar-refractivity contribution in [2.24, 2.45) is 0 Å². The van der Waals surface area contributed by atoms with E-state index < -0.39 is 0 Å². The molecule has 0 radical (unpaired) electrons. The molecule has 2 N–H and O–H groups in total. The van der Waals surface area contributed by atoms with E-state index in [4.69, 9.17) is 0 Å². The van der Waals surface area contributed by atoms with Gasteiger partial charge in [0.15, 0.2) is 0 Å². The fourth-order valence-corrected chi connectivity index (χ4v) is 1.85. The van der Waals surface area contributed by atoms with Crippen LogP contribution < -0.4 is 4.72 Å². The van der Waals surface area contributed by atoms with Gasteiger partial charge in [0, 0.05) is 16.6 Å². The average molecular weight is 249 g/mol. The van der Waals surface area contributed by atoms with Crippen LogP contribution in [-0.2, 0) is 0 Å². The Morgan fingerprint density at radius 3 is 2.58 bits per heavy atom. The number of H-pyrrole nitrogens is 1. The summed E-state index contributed by atoms with van der Waals surface area (Å²) in [7, 11) is 0. The Morgan fingerprint density at radius 2 is 2.17 bits per heavy atom. The number of halogens is 1. The van der Waals surface area contributed by atoms with Crippen LogP contribution in [0.25, 0.3) is 0 Å². The summed E-state index contributed by atoms with van der Waals surface area (Å²) in [5.41, 5.74) is 0.147. The van der Waals surface area contributed by atoms with Gasteiger partial charge in [0.25, 0.3) is 0 Å². The molecule has 0 saturated carbocycles. The minimum Gasteiger partial charge on any atom is -0.355 e. The molecule has 0 aliphatic heterocycles. The Labute approximate surface area is 85.8 Å². The van der Waals surface area contributed by atoms with Gasteiger partial charge in [-0.25, -0.2) is 0 Å². The highest BCUT2D eigenvalue weighted by Gasteiger charge is 2.09. The van der Waals surface area contributed by atoms with Crippen molar-refractivity contribution in [3.05, 3.63) is 16.9 Å². The molecule has 0 aliphatic rings. The van der Waals surface area contributed by atoms with Crippen LogP contribution >= 0.6 is 27.9 Å². The highest BCUT2D eigenvalue weighted by molar-refractivity contribution is 9.10. The van der Waals surface area contributed by atoms with E-state index in [1.807, 2.05) is 12.3 Å². The fraction of sp³-hybridized carbons (Fsp3) is 0.500. The molecular formula is C8H13BrN2S. The maximum absolute atomic E-state index is 3.36. The number of hydrogen-bond acceptors (Lipinski definition) is 2. The molecule has 0 aliphatic carbocycles. The molecule has 0 amide bonds. The first-order valence-corrected chi connectivity index (χ1v) is 5.36. The molecule has 0 atom stereocenters. The molecule has 2 nitrogen and oxygen atoms in total. The zero-order valence-electron chi connectivity index (χ0n) is 7.44. The van der Waals surface area contributed by atoms with E-state index in [2.05, 4.69) is 46.4 Å². The standard InChI is InChI=1S/C8H13BrN2S/c1-8(2,3)11-12-6-4-7(9)10-5-6/h4-5,10-11H,1-3H3. The molecule has 0 fully saturated rings. The Balaban J connectivity index is 2.44. The van der Waals surface area contributed by atoms with Crippen molar-refractivity contribution in [3.8, 4) is 0 Å². The summed E-state index contributed by atoms with van der Waals surface area (Å²) in [6.45, 7) is 6.42. The number of hydrogen-bond donors (Lipinski definition) is 2. The van der Waals surface area contributed by atoms with Gasteiger partial charge in [-0.1, -0.05) is 0 Å². The van der Waals surface area contributed by atoms with Gasteiger partial charge in [-0.15, -0.1) is 0 Å². The van der Waals surface area contributed by atoms with E-state index in [-0.39, 0.29) is 5.54 Å². The lowest BCUT2D eigenvalue weighted by Crippen LogP contribution is -2.29. The summed E-state index contributed by atoms with van der Waals surface area (Å²) in [4.78, 5) is 4.25. The molecular weight excluding hydrogens is 236 g/mol. The molecule has 1 rings (SSSR count). The molecule has 12 heavy (non-hydrogen) atoms. The molecule has 0 spiro atoms. The lowest BCUT2D eigenvalue weighted by molar-refractivity contribution is 0.535. The third-order valence-corrected chi connectivity index (χ3v) is 2.74. The van der Waals surface area contributed by atoms with Crippen molar-refractivity contribution in [3.63, 3.8) is 0 Å². The monoisotopic (exact) mass is 248 g/mol. The maximum atomic E-state index is 3.36. The van der Waals surface area contributed by atoms with Crippen LogP contribution in [0, 0.1) is 0 Å². The van der Waals surface area contributed by atoms with Crippen molar-refractivity contribution in [2.45, 2.75) is 31.2 Å². The van der Waals surface area contributed by atoms with E-state index >= 15 is 0 Å². The fourth-order valence-electron chi connectivity index (χ4n) is 0.619. The Bertz CT molecular complexity index is 252. The summed E-state index contributed by atoms with van der Waals surface area (Å²) < 4.78 is 4.34. The lowest BCUT2D eigenvalue weighted by Gasteiger charge is -2.18. The van der Waals surface area contributed by atoms with E-state index in [0.29, 0.717) is 0 Å². The molecule has 1 aromatic rings. The molecule has 0 saturated heterocycles. The minimum atomic E-state index is 0.147. The zero-order chi connectivity index (χ0) is 9.19. The third-order valence-electron chi connectivity index (χ3n) is 1.10. The van der Waals surface area contributed by atoms with E-state index in [1.54, 1.807) is 11.9 Å². The average Bonchev–Trinajstić information content (AvgIpc) is 2.30. The van der Waals surface area contributed by atoms with Crippen molar-refractivity contribution >= 4 is 27.9 Å². The smallest absolute Gasteiger partial charge is 0.0832 e. The second kappa shape index (κ2) is 3.85. The van der Waals surface area contributed by atoms with Gasteiger partial charge in [0.1, 0.15) is 0 Å². The Hall–Kier alpha value is 0.0700. The van der Waals surface area contributed by atoms with Crippen LogP contribution in [0.15, 0.2) is 21.8 Å². The first-order chi connectivity index (χ1) is 5.47. The quantitative estimate of drug-likeness (QED) is 0.788. The third kappa shape index (κ3) is 3.65. The molecule has 1 heterocycles. The topological polar surface area (TPSA) is 27.8 Å². The Kier molecular flexibility index (Phi) is 3.26. The summed E-state index contributed by atoms with van der Waals surface area (Å²) in [6, 6.07) is 2.05. The largest absolute Gasteiger partial charge is 0.355 e. The molecule has 1 aromatic heterocycles. The van der Waals surface area contributed by atoms with Gasteiger partial charge < -0.3 is 4.98 Å². The molecule has 0 aromatic carbocycles. The van der Waals surface area contributed by atoms with Crippen LogP contribution in [-0.4, -0.2) is 10.5 Å². The van der Waals surface area contributed by atoms with Gasteiger partial charge in [0.05, 0.1) is 4.60 Å². The summed E-state index contributed by atoms with van der Waals surface area (Å²) in [5.74, 6) is 0. The van der Waals surface area contributed by atoms with Crippen LogP contribution in [0.2, 0.25) is 0 Å². The molecule has 68 valence electrons. The number of aromatic amines is 1. The van der Waals surface area contributed by atoms with Crippen molar-refractivity contribution in [1.82, 2.24) is 9.71 Å². The van der Waals surface area contributed by atoms with E-state index in [9.17, 15) is 0 Å². The summed E-state index contributed by atoms with van der Waals surface area (Å²) in [6.07, 6.45) is 1.97. The lowest BCUT2D eigenvalue weighted by atomic mass is 10.1. The first kappa shape index (κ1) is 10.2. The molecule has 4 heteroatoms. The second-order valence-corrected chi connectivity index (χ2v) is 5.37. The number of aromatic nitrogens is 1. The van der Waals surface area contributed by atoms with Crippen molar-refractivity contribution in [2.75, 3.05) is 0 Å². The van der Waals surface area contributed by atoms with Crippen LogP contribution in [0.1, 0.15) is 20.8 Å². The molecule has 0 unspecified atom stereocenters. The second-order valence-electron chi connectivity index (χ2n) is 3.64. The van der Waals surface area contributed by atoms with Crippen molar-refractivity contribution in [1.29, 1.82) is 0 Å². The SMILES string of the molecule is CC(C)(C)NSc1c[nH]c(Br)c1. The van der Waals surface area contributed by atoms with E-state index in [0.717, 1.165) is 4.60 Å². The van der Waals surface area contributed by atoms with Crippen LogP contribution in [0.5, 0.6) is 0 Å². The van der Waals surface area contributed by atoms with Crippen molar-refractivity contribution < 1.29 is 0 Å². The van der Waals surface area contributed by atoms with Gasteiger partial charge in [-0.3, -0.25) is 4.72 Å². The van der Waals surface area contributed by atoms with Gasteiger partial charge in [-0.2, -0.15) is 0 Å². The van der Waals surface area contributed by atoms with Gasteiger partial charge in [-0.05, 0) is 54.7 Å². The van der Waals surface area contributed by atoms with Gasteiger partial charge in [0.2, 0.25) is 0 Å². The zero-order valence-corrected chi connectivity index (χ0v) is 9.84. The predicted molar refractivity (Wildman–Crippen MR) is 57.2 cm³/mol. The maximum Gasteiger partial charge on any atom is 0.0832 e. The normalized spacial score (nSPS) is 12.0. The van der Waals surface area contributed by atoms with E-state index in [1.165, 1.54) is 4.90 Å². The highest BCUT2D eigenvalue weighted by atomic mass is 79.9. The van der Waals surface area contributed by atoms with Crippen LogP contribution in [0.3, 0.4) is 0 Å². The summed E-state index contributed by atoms with van der Waals surface area (Å²) >= 11 is 4.99.